The number of ketones is 1. The van der Waals surface area contributed by atoms with E-state index in [9.17, 15) is 4.79 Å². The molecule has 2 aliphatic carbocycles. The molecule has 0 aromatic rings. The third-order valence-corrected chi connectivity index (χ3v) is 4.50. The molecule has 2 fully saturated rings. The summed E-state index contributed by atoms with van der Waals surface area (Å²) in [7, 11) is 0. The zero-order valence-electron chi connectivity index (χ0n) is 11.6. The van der Waals surface area contributed by atoms with E-state index in [2.05, 4.69) is 20.8 Å². The van der Waals surface area contributed by atoms with Crippen molar-refractivity contribution in [3.63, 3.8) is 0 Å². The first-order valence-electron chi connectivity index (χ1n) is 6.63. The Morgan fingerprint density at radius 3 is 2.12 bits per heavy atom. The molecule has 98 valence electrons. The summed E-state index contributed by atoms with van der Waals surface area (Å²) < 4.78 is 11.8. The summed E-state index contributed by atoms with van der Waals surface area (Å²) in [6.45, 7) is 11.6. The highest BCUT2D eigenvalue weighted by atomic mass is 16.7. The van der Waals surface area contributed by atoms with Crippen molar-refractivity contribution in [2.24, 2.45) is 16.7 Å². The Hall–Kier alpha value is -0.410. The minimum atomic E-state index is -0.520. The largest absolute Gasteiger partial charge is 0.350 e. The number of carbonyl (C=O) groups excluding carboxylic acids is 1. The summed E-state index contributed by atoms with van der Waals surface area (Å²) in [4.78, 5) is 12.2. The third kappa shape index (κ3) is 1.59. The van der Waals surface area contributed by atoms with Crippen LogP contribution in [0.5, 0.6) is 0 Å². The second kappa shape index (κ2) is 3.79. The Kier molecular flexibility index (Phi) is 2.91. The van der Waals surface area contributed by atoms with E-state index in [1.54, 1.807) is 0 Å². The van der Waals surface area contributed by atoms with Gasteiger partial charge in [-0.25, -0.2) is 0 Å². The number of rotatable bonds is 4. The quantitative estimate of drug-likeness (QED) is 0.709. The maximum Gasteiger partial charge on any atom is 0.173 e. The first kappa shape index (κ1) is 13.0. The average Bonchev–Trinajstić information content (AvgIpc) is 2.28. The molecule has 0 heterocycles. The molecule has 0 bridgehead atoms. The lowest BCUT2D eigenvalue weighted by Crippen LogP contribution is -2.65. The Balaban J connectivity index is 2.32. The van der Waals surface area contributed by atoms with Crippen molar-refractivity contribution in [3.05, 3.63) is 0 Å². The first-order valence-corrected chi connectivity index (χ1v) is 6.63. The van der Waals surface area contributed by atoms with Gasteiger partial charge in [0, 0.05) is 37.4 Å². The van der Waals surface area contributed by atoms with Crippen LogP contribution in [0.2, 0.25) is 0 Å². The predicted molar refractivity (Wildman–Crippen MR) is 65.6 cm³/mol. The van der Waals surface area contributed by atoms with Crippen LogP contribution in [0.25, 0.3) is 0 Å². The molecular formula is C14H24O3. The molecule has 0 aromatic heterocycles. The van der Waals surface area contributed by atoms with Gasteiger partial charge < -0.3 is 9.47 Å². The van der Waals surface area contributed by atoms with Crippen LogP contribution in [-0.2, 0) is 14.3 Å². The van der Waals surface area contributed by atoms with Gasteiger partial charge in [-0.15, -0.1) is 0 Å². The van der Waals surface area contributed by atoms with Gasteiger partial charge in [-0.2, -0.15) is 0 Å². The van der Waals surface area contributed by atoms with Gasteiger partial charge in [0.2, 0.25) is 0 Å². The van der Waals surface area contributed by atoms with Crippen LogP contribution >= 0.6 is 0 Å². The van der Waals surface area contributed by atoms with E-state index in [4.69, 9.17) is 9.47 Å². The third-order valence-electron chi connectivity index (χ3n) is 4.50. The van der Waals surface area contributed by atoms with Crippen molar-refractivity contribution in [2.75, 3.05) is 13.2 Å². The molecule has 0 aromatic carbocycles. The molecule has 0 saturated heterocycles. The van der Waals surface area contributed by atoms with E-state index in [0.717, 1.165) is 0 Å². The highest BCUT2D eigenvalue weighted by molar-refractivity contribution is 5.90. The van der Waals surface area contributed by atoms with Crippen LogP contribution in [0.1, 0.15) is 47.5 Å². The minimum Gasteiger partial charge on any atom is -0.350 e. The average molecular weight is 240 g/mol. The monoisotopic (exact) mass is 240 g/mol. The summed E-state index contributed by atoms with van der Waals surface area (Å²) >= 11 is 0. The molecule has 2 aliphatic rings. The number of Topliss-reactive ketones (excluding diaryl/α,β-unsaturated/α-hetero) is 1. The van der Waals surface area contributed by atoms with E-state index in [-0.39, 0.29) is 16.7 Å². The minimum absolute atomic E-state index is 0.0194. The Bertz CT molecular complexity index is 328. The fourth-order valence-electron chi connectivity index (χ4n) is 4.30. The topological polar surface area (TPSA) is 35.5 Å². The number of hydrogen-bond donors (Lipinski definition) is 0. The normalized spacial score (nSPS) is 37.7. The zero-order chi connectivity index (χ0) is 12.9. The molecule has 3 heteroatoms. The lowest BCUT2D eigenvalue weighted by atomic mass is 9.53. The van der Waals surface area contributed by atoms with Crippen molar-refractivity contribution in [2.45, 2.75) is 53.2 Å². The predicted octanol–water partition coefficient (Wildman–Crippen LogP) is 2.78. The summed E-state index contributed by atoms with van der Waals surface area (Å²) in [5.41, 5.74) is -0.248. The summed E-state index contributed by atoms with van der Waals surface area (Å²) in [5, 5.41) is 0. The van der Waals surface area contributed by atoms with E-state index < -0.39 is 5.79 Å². The molecule has 2 saturated carbocycles. The van der Waals surface area contributed by atoms with Crippen LogP contribution in [0.15, 0.2) is 0 Å². The van der Waals surface area contributed by atoms with Gasteiger partial charge in [-0.1, -0.05) is 20.8 Å². The fourth-order valence-corrected chi connectivity index (χ4v) is 4.30. The Morgan fingerprint density at radius 2 is 1.71 bits per heavy atom. The number of carbonyl (C=O) groups is 1. The second-order valence-electron chi connectivity index (χ2n) is 6.29. The van der Waals surface area contributed by atoms with Gasteiger partial charge >= 0.3 is 0 Å². The SMILES string of the molecule is CCOC1(OCC)C[C@]2(C)C(=O)CC(C)(C)[C@H]12. The lowest BCUT2D eigenvalue weighted by molar-refractivity contribution is -0.355. The van der Waals surface area contributed by atoms with Crippen LogP contribution in [0.3, 0.4) is 0 Å². The second-order valence-corrected chi connectivity index (χ2v) is 6.29. The van der Waals surface area contributed by atoms with Crippen LogP contribution in [0, 0.1) is 16.7 Å². The molecular weight excluding hydrogens is 216 g/mol. The number of fused-ring (bicyclic) bond motifs is 1. The van der Waals surface area contributed by atoms with E-state index in [1.165, 1.54) is 0 Å². The molecule has 0 spiro atoms. The molecule has 0 N–H and O–H groups in total. The standard InChI is InChI=1S/C14H24O3/c1-6-16-14(17-7-2)9-13(5)10(15)8-12(3,4)11(13)14/h11H,6-9H2,1-5H3/t11-,13+/m0/s1. The molecule has 3 nitrogen and oxygen atoms in total. The van der Waals surface area contributed by atoms with Gasteiger partial charge in [-0.3, -0.25) is 4.79 Å². The molecule has 0 unspecified atom stereocenters. The van der Waals surface area contributed by atoms with Crippen molar-refractivity contribution in [1.82, 2.24) is 0 Å². The molecule has 2 atom stereocenters. The van der Waals surface area contributed by atoms with Crippen molar-refractivity contribution in [1.29, 1.82) is 0 Å². The summed E-state index contributed by atoms with van der Waals surface area (Å²) in [6.07, 6.45) is 1.37. The number of hydrogen-bond acceptors (Lipinski definition) is 3. The molecule has 17 heavy (non-hydrogen) atoms. The molecule has 0 aliphatic heterocycles. The first-order chi connectivity index (χ1) is 7.82. The van der Waals surface area contributed by atoms with Crippen LogP contribution in [0.4, 0.5) is 0 Å². The van der Waals surface area contributed by atoms with Crippen molar-refractivity contribution in [3.8, 4) is 0 Å². The fraction of sp³-hybridized carbons (Fsp3) is 0.929. The molecule has 2 rings (SSSR count). The highest BCUT2D eigenvalue weighted by Gasteiger charge is 2.74. The van der Waals surface area contributed by atoms with Crippen LogP contribution < -0.4 is 0 Å². The van der Waals surface area contributed by atoms with Crippen LogP contribution in [-0.4, -0.2) is 24.8 Å². The Labute approximate surface area is 104 Å². The summed E-state index contributed by atoms with van der Waals surface area (Å²) in [5.74, 6) is 0.0471. The zero-order valence-corrected chi connectivity index (χ0v) is 11.6. The smallest absolute Gasteiger partial charge is 0.173 e. The van der Waals surface area contributed by atoms with Gasteiger partial charge in [0.15, 0.2) is 5.79 Å². The maximum atomic E-state index is 12.2. The van der Waals surface area contributed by atoms with Gasteiger partial charge in [0.1, 0.15) is 5.78 Å². The van der Waals surface area contributed by atoms with E-state index >= 15 is 0 Å². The Morgan fingerprint density at radius 1 is 1.18 bits per heavy atom. The highest BCUT2D eigenvalue weighted by Crippen LogP contribution is 2.68. The summed E-state index contributed by atoms with van der Waals surface area (Å²) in [6, 6.07) is 0. The van der Waals surface area contributed by atoms with Gasteiger partial charge in [0.05, 0.1) is 0 Å². The van der Waals surface area contributed by atoms with Crippen molar-refractivity contribution >= 4 is 5.78 Å². The molecule has 0 radical (unpaired) electrons. The van der Waals surface area contributed by atoms with Gasteiger partial charge in [-0.05, 0) is 19.3 Å². The van der Waals surface area contributed by atoms with Crippen molar-refractivity contribution < 1.29 is 14.3 Å². The molecule has 0 amide bonds. The van der Waals surface area contributed by atoms with E-state index in [1.807, 2.05) is 13.8 Å². The van der Waals surface area contributed by atoms with Gasteiger partial charge in [0.25, 0.3) is 0 Å². The maximum absolute atomic E-state index is 12.2. The van der Waals surface area contributed by atoms with E-state index in [0.29, 0.717) is 31.8 Å². The number of ether oxygens (including phenoxy) is 2. The lowest BCUT2D eigenvalue weighted by Gasteiger charge is -2.59.